The Balaban J connectivity index is 0.000000422. The minimum atomic E-state index is -4.67. The molecule has 11 heteroatoms. The lowest BCUT2D eigenvalue weighted by molar-refractivity contribution is -0.941. The van der Waals surface area contributed by atoms with Gasteiger partial charge in [0, 0.05) is 5.56 Å². The first-order valence-corrected chi connectivity index (χ1v) is 16.1. The summed E-state index contributed by atoms with van der Waals surface area (Å²) < 4.78 is 42.0. The Bertz CT molecular complexity index is 1150. The van der Waals surface area contributed by atoms with Gasteiger partial charge < -0.3 is 24.2 Å². The van der Waals surface area contributed by atoms with Crippen LogP contribution in [0.3, 0.4) is 0 Å². The number of benzene rings is 2. The topological polar surface area (TPSA) is 147 Å². The van der Waals surface area contributed by atoms with E-state index in [0.29, 0.717) is 0 Å². The van der Waals surface area contributed by atoms with E-state index in [9.17, 15) is 18.0 Å². The lowest BCUT2D eigenvalue weighted by Gasteiger charge is -2.39. The zero-order chi connectivity index (χ0) is 31.4. The Morgan fingerprint density at radius 3 is 1.83 bits per heavy atom. The Kier molecular flexibility index (Phi) is 17.8. The number of hydrogen-bond acceptors (Lipinski definition) is 7. The highest BCUT2D eigenvalue weighted by molar-refractivity contribution is 7.85. The Hall–Kier alpha value is -2.83. The van der Waals surface area contributed by atoms with E-state index in [1.165, 1.54) is 74.8 Å². The molecule has 0 aliphatic carbocycles. The average Bonchev–Trinajstić information content (AvgIpc) is 2.97. The molecule has 3 N–H and O–H groups in total. The van der Waals surface area contributed by atoms with Crippen LogP contribution in [0.5, 0.6) is 0 Å². The predicted molar refractivity (Wildman–Crippen MR) is 161 cm³/mol. The molecule has 0 heterocycles. The van der Waals surface area contributed by atoms with Crippen LogP contribution < -0.4 is 0 Å². The molecule has 0 aromatic heterocycles. The molecule has 0 radical (unpaired) electrons. The number of aliphatic hydroxyl groups excluding tert-OH is 1. The third-order valence-electron chi connectivity index (χ3n) is 6.70. The fraction of sp³-hybridized carbons (Fsp3) is 0.548. The normalized spacial score (nSPS) is 11.5. The molecule has 0 bridgehead atoms. The number of hydrogen-bond donors (Lipinski definition) is 3. The summed E-state index contributed by atoms with van der Waals surface area (Å²) in [5, 5.41) is 17.4. The first-order chi connectivity index (χ1) is 20.0. The second-order valence-corrected chi connectivity index (χ2v) is 11.6. The number of nitrogens with zero attached hydrogens (tertiary/aromatic N) is 1. The number of aromatic carboxylic acids is 1. The maximum atomic E-state index is 11.7. The highest BCUT2D eigenvalue weighted by atomic mass is 32.2. The second-order valence-electron chi connectivity index (χ2n) is 10.2. The molecule has 0 aliphatic rings. The summed E-state index contributed by atoms with van der Waals surface area (Å²) in [7, 11) is -4.67. The molecule has 2 rings (SSSR count). The number of ether oxygens (including phenoxy) is 2. The van der Waals surface area contributed by atoms with E-state index in [1.54, 1.807) is 0 Å². The van der Waals surface area contributed by atoms with Crippen molar-refractivity contribution in [3.05, 3.63) is 65.2 Å². The largest absolute Gasteiger partial charge is 0.478 e. The van der Waals surface area contributed by atoms with Crippen molar-refractivity contribution >= 4 is 22.1 Å². The summed E-state index contributed by atoms with van der Waals surface area (Å²) in [6.07, 6.45) is 8.02. The Labute approximate surface area is 250 Å². The first kappa shape index (κ1) is 37.2. The number of carbonyl (C=O) groups excluding carboxylic acids is 1. The molecule has 236 valence electrons. The molecule has 0 aliphatic heterocycles. The number of aliphatic hydroxyl groups is 1. The summed E-state index contributed by atoms with van der Waals surface area (Å²) in [5.74, 6) is -2.44. The van der Waals surface area contributed by atoms with Gasteiger partial charge in [0.2, 0.25) is 0 Å². The summed E-state index contributed by atoms with van der Waals surface area (Å²) in [5.41, 5.74) is 0.684. The summed E-state index contributed by atoms with van der Waals surface area (Å²) in [6.45, 7) is 12.0. The van der Waals surface area contributed by atoms with Crippen molar-refractivity contribution in [1.29, 1.82) is 0 Å². The molecular formula is C31H48NO9S+. The van der Waals surface area contributed by atoms with Crippen LogP contribution in [-0.2, 0) is 26.1 Å². The third kappa shape index (κ3) is 14.4. The van der Waals surface area contributed by atoms with Gasteiger partial charge in [-0.15, -0.1) is 0 Å². The van der Waals surface area contributed by atoms with Crippen LogP contribution in [0.4, 0.5) is 0 Å². The van der Waals surface area contributed by atoms with Crippen LogP contribution in [0.15, 0.2) is 53.4 Å². The minimum Gasteiger partial charge on any atom is -0.478 e. The summed E-state index contributed by atoms with van der Waals surface area (Å²) >= 11 is 0. The van der Waals surface area contributed by atoms with E-state index < -0.39 is 32.5 Å². The highest BCUT2D eigenvalue weighted by Crippen LogP contribution is 2.20. The lowest BCUT2D eigenvalue weighted by Crippen LogP contribution is -2.49. The molecule has 0 saturated carbocycles. The Morgan fingerprint density at radius 1 is 0.810 bits per heavy atom. The van der Waals surface area contributed by atoms with E-state index in [1.807, 2.05) is 0 Å². The molecule has 0 atom stereocenters. The number of esters is 1. The van der Waals surface area contributed by atoms with Gasteiger partial charge in [0.25, 0.3) is 10.1 Å². The van der Waals surface area contributed by atoms with Gasteiger partial charge >= 0.3 is 11.9 Å². The Morgan fingerprint density at radius 2 is 1.36 bits per heavy atom. The number of carbonyl (C=O) groups is 2. The molecule has 0 saturated heterocycles. The average molecular weight is 611 g/mol. The van der Waals surface area contributed by atoms with Crippen LogP contribution >= 0.6 is 0 Å². The molecule has 0 fully saturated rings. The molecule has 0 spiro atoms. The van der Waals surface area contributed by atoms with Gasteiger partial charge in [0.1, 0.15) is 13.2 Å². The molecular weight excluding hydrogens is 562 g/mol. The van der Waals surface area contributed by atoms with Crippen molar-refractivity contribution in [2.45, 2.75) is 70.7 Å². The van der Waals surface area contributed by atoms with Crippen LogP contribution in [0.1, 0.15) is 85.6 Å². The highest BCUT2D eigenvalue weighted by Gasteiger charge is 2.26. The SMILES string of the molecule is CCCC[N+](CCCC)(CCCC)Cc1ccccc1.O=C(O)c1cc(C(=O)OCCOCCO)cc(S(=O)(=O)O)c1. The van der Waals surface area contributed by atoms with Crippen molar-refractivity contribution in [2.24, 2.45) is 0 Å². The van der Waals surface area contributed by atoms with Crippen molar-refractivity contribution in [3.63, 3.8) is 0 Å². The second kappa shape index (κ2) is 20.1. The number of carboxylic acid groups (broad SMARTS) is 1. The molecule has 0 amide bonds. The number of quaternary nitrogens is 1. The van der Waals surface area contributed by atoms with Gasteiger partial charge in [-0.2, -0.15) is 8.42 Å². The monoisotopic (exact) mass is 610 g/mol. The van der Waals surface area contributed by atoms with Gasteiger partial charge in [-0.25, -0.2) is 9.59 Å². The molecule has 2 aromatic rings. The van der Waals surface area contributed by atoms with Crippen molar-refractivity contribution in [3.8, 4) is 0 Å². The maximum absolute atomic E-state index is 11.7. The zero-order valence-electron chi connectivity index (χ0n) is 25.2. The van der Waals surface area contributed by atoms with E-state index >= 15 is 0 Å². The van der Waals surface area contributed by atoms with Gasteiger partial charge in [-0.1, -0.05) is 70.4 Å². The molecule has 42 heavy (non-hydrogen) atoms. The molecule has 2 aromatic carbocycles. The van der Waals surface area contributed by atoms with Crippen molar-refractivity contribution in [1.82, 2.24) is 0 Å². The first-order valence-electron chi connectivity index (χ1n) is 14.6. The van der Waals surface area contributed by atoms with E-state index in [0.717, 1.165) is 18.2 Å². The number of carboxylic acids is 1. The molecule has 10 nitrogen and oxygen atoms in total. The zero-order valence-corrected chi connectivity index (χ0v) is 26.0. The number of unbranched alkanes of at least 4 members (excludes halogenated alkanes) is 3. The third-order valence-corrected chi connectivity index (χ3v) is 7.53. The van der Waals surface area contributed by atoms with Gasteiger partial charge in [-0.3, -0.25) is 4.55 Å². The van der Waals surface area contributed by atoms with Gasteiger partial charge in [-0.05, 0) is 37.5 Å². The van der Waals surface area contributed by atoms with E-state index in [2.05, 4.69) is 51.1 Å². The van der Waals surface area contributed by atoms with E-state index in [-0.39, 0.29) is 32.0 Å². The van der Waals surface area contributed by atoms with Crippen LogP contribution in [0.2, 0.25) is 0 Å². The summed E-state index contributed by atoms with van der Waals surface area (Å²) in [4.78, 5) is 21.9. The lowest BCUT2D eigenvalue weighted by atomic mass is 10.1. The van der Waals surface area contributed by atoms with Crippen molar-refractivity contribution < 1.29 is 46.7 Å². The fourth-order valence-corrected chi connectivity index (χ4v) is 5.01. The van der Waals surface area contributed by atoms with Crippen LogP contribution in [-0.4, -0.2) is 85.7 Å². The maximum Gasteiger partial charge on any atom is 0.338 e. The van der Waals surface area contributed by atoms with Crippen LogP contribution in [0.25, 0.3) is 0 Å². The van der Waals surface area contributed by atoms with Crippen LogP contribution in [0, 0.1) is 0 Å². The smallest absolute Gasteiger partial charge is 0.338 e. The standard InChI is InChI=1S/C19H34N.C12H14O9S/c1-4-7-15-20(16-8-5-2,17-9-6-3)18-19-13-11-10-12-14-19;13-1-2-20-3-4-21-12(16)9-5-8(11(14)15)6-10(7-9)22(17,18)19/h10-14H,4-9,15-18H2,1-3H3;5-7,13H,1-4H2,(H,14,15)(H,17,18,19)/q+1;. The predicted octanol–water partition coefficient (Wildman–Crippen LogP) is 5.20. The van der Waals surface area contributed by atoms with Gasteiger partial charge in [0.15, 0.2) is 0 Å². The molecule has 0 unspecified atom stereocenters. The van der Waals surface area contributed by atoms with E-state index in [4.69, 9.17) is 24.2 Å². The fourth-order valence-electron chi connectivity index (χ4n) is 4.46. The van der Waals surface area contributed by atoms with Gasteiger partial charge in [0.05, 0.1) is 55.5 Å². The summed E-state index contributed by atoms with van der Waals surface area (Å²) in [6, 6.07) is 13.5. The van der Waals surface area contributed by atoms with Crippen molar-refractivity contribution in [2.75, 3.05) is 46.1 Å². The minimum absolute atomic E-state index is 0.01000. The number of rotatable bonds is 19. The quantitative estimate of drug-likeness (QED) is 0.0845.